The molecule has 0 bridgehead atoms. The van der Waals surface area contributed by atoms with Gasteiger partial charge >= 0.3 is 5.97 Å². The van der Waals surface area contributed by atoms with Gasteiger partial charge in [-0.3, -0.25) is 9.36 Å². The van der Waals surface area contributed by atoms with E-state index in [1.807, 2.05) is 56.3 Å². The van der Waals surface area contributed by atoms with Gasteiger partial charge in [-0.1, -0.05) is 66.8 Å². The van der Waals surface area contributed by atoms with Crippen LogP contribution in [-0.2, 0) is 22.6 Å². The molecule has 2 heterocycles. The van der Waals surface area contributed by atoms with Crippen LogP contribution in [0.2, 0.25) is 0 Å². The molecule has 0 saturated carbocycles. The zero-order valence-electron chi connectivity index (χ0n) is 24.8. The van der Waals surface area contributed by atoms with Crippen molar-refractivity contribution in [2.24, 2.45) is 4.99 Å². The molecular formula is C35H33FN2O5S. The van der Waals surface area contributed by atoms with E-state index in [2.05, 4.69) is 6.58 Å². The Morgan fingerprint density at radius 3 is 2.50 bits per heavy atom. The molecule has 226 valence electrons. The smallest absolute Gasteiger partial charge is 0.338 e. The fraction of sp³-hybridized carbons (Fsp3) is 0.229. The first kappa shape index (κ1) is 30.7. The van der Waals surface area contributed by atoms with E-state index in [9.17, 15) is 14.0 Å². The molecule has 1 atom stereocenters. The lowest BCUT2D eigenvalue weighted by molar-refractivity contribution is -0.136. The van der Waals surface area contributed by atoms with Gasteiger partial charge in [-0.05, 0) is 66.8 Å². The number of methoxy groups -OCH3 is 1. The third kappa shape index (κ3) is 6.28. The number of ether oxygens (including phenoxy) is 3. The number of carbonyl (C=O) groups is 1. The molecule has 9 heteroatoms. The number of fused-ring (bicyclic) bond motifs is 1. The third-order valence-corrected chi connectivity index (χ3v) is 8.16. The molecule has 0 saturated heterocycles. The average Bonchev–Trinajstić information content (AvgIpc) is 3.34. The van der Waals surface area contributed by atoms with Crippen molar-refractivity contribution >= 4 is 23.4 Å². The standard InChI is InChI=1S/C35H33FN2O5S/c1-5-11-25-18-23(19-28(42-7-3)32(25)43-21-22-14-16-26(36)17-15-22)20-29-33(39)38-31(24-12-9-8-10-13-24)30(34(40)41-4)27(6-2)37-35(38)44-29/h5,8-10,12-20,31H,1,6-7,11,21H2,2-4H3/b29-20-/t31-/m0/s1. The summed E-state index contributed by atoms with van der Waals surface area (Å²) in [5.41, 5.74) is 3.85. The largest absolute Gasteiger partial charge is 0.490 e. The average molecular weight is 613 g/mol. The van der Waals surface area contributed by atoms with Gasteiger partial charge in [0.2, 0.25) is 0 Å². The molecule has 1 aliphatic heterocycles. The van der Waals surface area contributed by atoms with Crippen LogP contribution in [-0.4, -0.2) is 24.3 Å². The minimum Gasteiger partial charge on any atom is -0.490 e. The molecule has 7 nitrogen and oxygen atoms in total. The molecule has 3 aromatic carbocycles. The number of thiazole rings is 1. The molecule has 4 aromatic rings. The minimum absolute atomic E-state index is 0.226. The van der Waals surface area contributed by atoms with Crippen LogP contribution < -0.4 is 24.4 Å². The van der Waals surface area contributed by atoms with Gasteiger partial charge in [-0.15, -0.1) is 6.58 Å². The van der Waals surface area contributed by atoms with E-state index in [0.29, 0.717) is 51.6 Å². The van der Waals surface area contributed by atoms with Crippen molar-refractivity contribution in [2.75, 3.05) is 13.7 Å². The van der Waals surface area contributed by atoms with Crippen LogP contribution in [0.1, 0.15) is 48.6 Å². The Kier molecular flexibility index (Phi) is 9.55. The molecular weight excluding hydrogens is 579 g/mol. The maximum atomic E-state index is 14.0. The van der Waals surface area contributed by atoms with Gasteiger partial charge in [0, 0.05) is 5.56 Å². The van der Waals surface area contributed by atoms with Crippen LogP contribution in [0.3, 0.4) is 0 Å². The number of esters is 1. The van der Waals surface area contributed by atoms with Crippen molar-refractivity contribution in [3.05, 3.63) is 138 Å². The summed E-state index contributed by atoms with van der Waals surface area (Å²) >= 11 is 1.27. The number of rotatable bonds is 11. The third-order valence-electron chi connectivity index (χ3n) is 7.18. The van der Waals surface area contributed by atoms with Crippen molar-refractivity contribution in [3.8, 4) is 11.5 Å². The second-order valence-corrected chi connectivity index (χ2v) is 11.1. The number of hydrogen-bond acceptors (Lipinski definition) is 7. The monoisotopic (exact) mass is 612 g/mol. The molecule has 0 radical (unpaired) electrons. The molecule has 0 N–H and O–H groups in total. The van der Waals surface area contributed by atoms with Crippen LogP contribution in [0.15, 0.2) is 100 Å². The van der Waals surface area contributed by atoms with Crippen molar-refractivity contribution in [1.82, 2.24) is 4.57 Å². The lowest BCUT2D eigenvalue weighted by Gasteiger charge is -2.25. The van der Waals surface area contributed by atoms with Gasteiger partial charge in [-0.2, -0.15) is 0 Å². The van der Waals surface area contributed by atoms with E-state index in [-0.39, 0.29) is 18.0 Å². The highest BCUT2D eigenvalue weighted by Gasteiger charge is 2.33. The number of aromatic nitrogens is 1. The SMILES string of the molecule is C=CCc1cc(/C=c2\sc3n(c2=O)[C@@H](c2ccccc2)C(C(=O)OC)=C(CC)N=3)cc(OCC)c1OCc1ccc(F)cc1. The molecule has 1 aromatic heterocycles. The molecule has 44 heavy (non-hydrogen) atoms. The Morgan fingerprint density at radius 1 is 1.09 bits per heavy atom. The van der Waals surface area contributed by atoms with Crippen molar-refractivity contribution in [1.29, 1.82) is 0 Å². The number of carbonyl (C=O) groups excluding carboxylic acids is 1. The zero-order chi connectivity index (χ0) is 31.2. The van der Waals surface area contributed by atoms with E-state index in [0.717, 1.165) is 22.3 Å². The van der Waals surface area contributed by atoms with E-state index in [1.54, 1.807) is 28.9 Å². The van der Waals surface area contributed by atoms with E-state index >= 15 is 0 Å². The predicted octanol–water partition coefficient (Wildman–Crippen LogP) is 5.64. The van der Waals surface area contributed by atoms with Crippen LogP contribution >= 0.6 is 11.3 Å². The van der Waals surface area contributed by atoms with Crippen LogP contribution in [0.5, 0.6) is 11.5 Å². The summed E-state index contributed by atoms with van der Waals surface area (Å²) in [7, 11) is 1.33. The first-order valence-corrected chi connectivity index (χ1v) is 15.2. The molecule has 5 rings (SSSR count). The molecule has 0 amide bonds. The van der Waals surface area contributed by atoms with Gasteiger partial charge in [0.05, 0.1) is 35.6 Å². The summed E-state index contributed by atoms with van der Waals surface area (Å²) in [6.45, 7) is 8.34. The van der Waals surface area contributed by atoms with Crippen LogP contribution in [0.25, 0.3) is 6.08 Å². The molecule has 0 fully saturated rings. The number of benzene rings is 3. The summed E-state index contributed by atoms with van der Waals surface area (Å²) in [4.78, 5) is 32.3. The normalized spacial score (nSPS) is 14.5. The molecule has 0 aliphatic carbocycles. The number of hydrogen-bond donors (Lipinski definition) is 0. The molecule has 1 aliphatic rings. The summed E-state index contributed by atoms with van der Waals surface area (Å²) < 4.78 is 32.7. The molecule has 0 unspecified atom stereocenters. The van der Waals surface area contributed by atoms with Gasteiger partial charge in [0.1, 0.15) is 12.4 Å². The van der Waals surface area contributed by atoms with E-state index < -0.39 is 12.0 Å². The lowest BCUT2D eigenvalue weighted by atomic mass is 9.95. The Morgan fingerprint density at radius 2 is 1.84 bits per heavy atom. The first-order chi connectivity index (χ1) is 21.4. The maximum Gasteiger partial charge on any atom is 0.338 e. The van der Waals surface area contributed by atoms with Gasteiger partial charge in [-0.25, -0.2) is 14.2 Å². The number of allylic oxidation sites excluding steroid dienone is 2. The quantitative estimate of drug-likeness (QED) is 0.162. The summed E-state index contributed by atoms with van der Waals surface area (Å²) in [5.74, 6) is 0.263. The second-order valence-electron chi connectivity index (χ2n) is 10.0. The summed E-state index contributed by atoms with van der Waals surface area (Å²) in [5, 5.41) is 0. The highest BCUT2D eigenvalue weighted by molar-refractivity contribution is 7.07. The molecule has 0 spiro atoms. The number of halogens is 1. The summed E-state index contributed by atoms with van der Waals surface area (Å²) in [6, 6.07) is 18.7. The Hall–Kier alpha value is -4.76. The summed E-state index contributed by atoms with van der Waals surface area (Å²) in [6.07, 6.45) is 4.57. The highest BCUT2D eigenvalue weighted by Crippen LogP contribution is 2.35. The topological polar surface area (TPSA) is 79.1 Å². The van der Waals surface area contributed by atoms with Crippen molar-refractivity contribution in [3.63, 3.8) is 0 Å². The predicted molar refractivity (Wildman–Crippen MR) is 169 cm³/mol. The Labute approximate surface area is 258 Å². The zero-order valence-corrected chi connectivity index (χ0v) is 25.7. The fourth-order valence-electron chi connectivity index (χ4n) is 5.20. The van der Waals surface area contributed by atoms with Crippen LogP contribution in [0.4, 0.5) is 4.39 Å². The van der Waals surface area contributed by atoms with Crippen molar-refractivity contribution < 1.29 is 23.4 Å². The van der Waals surface area contributed by atoms with Gasteiger partial charge < -0.3 is 14.2 Å². The first-order valence-electron chi connectivity index (χ1n) is 14.3. The number of nitrogens with zero attached hydrogens (tertiary/aromatic N) is 2. The lowest BCUT2D eigenvalue weighted by Crippen LogP contribution is -2.40. The second kappa shape index (κ2) is 13.7. The van der Waals surface area contributed by atoms with Crippen molar-refractivity contribution in [2.45, 2.75) is 39.3 Å². The maximum absolute atomic E-state index is 14.0. The Bertz CT molecular complexity index is 1890. The van der Waals surface area contributed by atoms with Gasteiger partial charge in [0.15, 0.2) is 16.3 Å². The Balaban J connectivity index is 1.63. The minimum atomic E-state index is -0.672. The van der Waals surface area contributed by atoms with E-state index in [1.165, 1.54) is 30.6 Å². The van der Waals surface area contributed by atoms with E-state index in [4.69, 9.17) is 19.2 Å². The van der Waals surface area contributed by atoms with Gasteiger partial charge in [0.25, 0.3) is 5.56 Å². The van der Waals surface area contributed by atoms with Crippen LogP contribution in [0, 0.1) is 5.82 Å². The highest BCUT2D eigenvalue weighted by atomic mass is 32.1. The fourth-order valence-corrected chi connectivity index (χ4v) is 6.22.